The van der Waals surface area contributed by atoms with Crippen LogP contribution in [0.4, 0.5) is 0 Å². The van der Waals surface area contributed by atoms with E-state index in [4.69, 9.17) is 16.3 Å². The molecule has 0 aromatic heterocycles. The lowest BCUT2D eigenvalue weighted by Crippen LogP contribution is -2.47. The van der Waals surface area contributed by atoms with Crippen LogP contribution in [-0.2, 0) is 14.3 Å². The number of halogens is 1. The van der Waals surface area contributed by atoms with Crippen molar-refractivity contribution in [2.45, 2.75) is 33.1 Å². The van der Waals surface area contributed by atoms with Gasteiger partial charge in [0.1, 0.15) is 5.70 Å². The van der Waals surface area contributed by atoms with Crippen LogP contribution < -0.4 is 0 Å². The molecule has 1 aromatic carbocycles. The minimum atomic E-state index is -0.219. The van der Waals surface area contributed by atoms with Crippen molar-refractivity contribution in [1.29, 1.82) is 0 Å². The van der Waals surface area contributed by atoms with Gasteiger partial charge in [-0.15, -0.1) is 0 Å². The molecule has 2 amide bonds. The number of hydrogen-bond donors (Lipinski definition) is 0. The Bertz CT molecular complexity index is 770. The third-order valence-corrected chi connectivity index (χ3v) is 5.98. The van der Waals surface area contributed by atoms with E-state index in [9.17, 15) is 9.59 Å². The maximum atomic E-state index is 13.3. The van der Waals surface area contributed by atoms with Gasteiger partial charge in [-0.3, -0.25) is 14.5 Å². The molecule has 0 aliphatic carbocycles. The minimum Gasteiger partial charge on any atom is -0.381 e. The van der Waals surface area contributed by atoms with Gasteiger partial charge in [-0.2, -0.15) is 0 Å². The van der Waals surface area contributed by atoms with E-state index in [1.54, 1.807) is 12.1 Å². The summed E-state index contributed by atoms with van der Waals surface area (Å²) in [6, 6.07) is 7.17. The van der Waals surface area contributed by atoms with Gasteiger partial charge < -0.3 is 14.5 Å². The van der Waals surface area contributed by atoms with E-state index in [0.717, 1.165) is 57.7 Å². The summed E-state index contributed by atoms with van der Waals surface area (Å²) in [6.07, 6.45) is 2.76. The summed E-state index contributed by atoms with van der Waals surface area (Å²) in [6.45, 7) is 10.2. The fourth-order valence-corrected chi connectivity index (χ4v) is 4.02. The molecule has 0 N–H and O–H groups in total. The third-order valence-electron chi connectivity index (χ3n) is 5.72. The molecule has 0 spiro atoms. The lowest BCUT2D eigenvalue weighted by molar-refractivity contribution is -0.137. The number of likely N-dealkylation sites (N-methyl/N-ethyl adjacent to an activating group) is 1. The number of amides is 2. The Morgan fingerprint density at radius 1 is 0.933 bits per heavy atom. The molecule has 1 saturated heterocycles. The number of ether oxygens (including phenoxy) is 1. The summed E-state index contributed by atoms with van der Waals surface area (Å²) in [5.74, 6) is -0.410. The summed E-state index contributed by atoms with van der Waals surface area (Å²) >= 11 is 6.04. The van der Waals surface area contributed by atoms with Gasteiger partial charge in [-0.05, 0) is 37.1 Å². The first-order valence-corrected chi connectivity index (χ1v) is 11.4. The van der Waals surface area contributed by atoms with E-state index in [1.165, 1.54) is 4.90 Å². The predicted molar refractivity (Wildman–Crippen MR) is 119 cm³/mol. The number of hydrogen-bond acceptors (Lipinski definition) is 5. The van der Waals surface area contributed by atoms with Gasteiger partial charge >= 0.3 is 0 Å². The fourth-order valence-electron chi connectivity index (χ4n) is 3.90. The average molecular weight is 434 g/mol. The van der Waals surface area contributed by atoms with Gasteiger partial charge in [0.05, 0.1) is 5.57 Å². The van der Waals surface area contributed by atoms with Crippen LogP contribution in [0.15, 0.2) is 30.0 Å². The molecule has 30 heavy (non-hydrogen) atoms. The number of nitrogens with zero attached hydrogens (tertiary/aromatic N) is 3. The largest absolute Gasteiger partial charge is 0.381 e. The number of imide groups is 1. The fraction of sp³-hybridized carbons (Fsp3) is 0.565. The molecule has 0 bridgehead atoms. The highest BCUT2D eigenvalue weighted by atomic mass is 35.5. The van der Waals surface area contributed by atoms with Gasteiger partial charge in [-0.1, -0.05) is 44.0 Å². The number of benzene rings is 1. The SMILES string of the molecule is CCCCOCCCN1C(=O)C(c2ccc(Cl)cc2)=C(N2CCN(CC)CC2)C1=O. The summed E-state index contributed by atoms with van der Waals surface area (Å²) in [4.78, 5) is 32.4. The molecule has 0 atom stereocenters. The second-order valence-electron chi connectivity index (χ2n) is 7.73. The Labute approximate surface area is 184 Å². The van der Waals surface area contributed by atoms with Crippen molar-refractivity contribution >= 4 is 29.0 Å². The van der Waals surface area contributed by atoms with Crippen LogP contribution in [0.25, 0.3) is 5.57 Å². The summed E-state index contributed by atoms with van der Waals surface area (Å²) in [5.41, 5.74) is 1.77. The van der Waals surface area contributed by atoms with E-state index in [2.05, 4.69) is 23.6 Å². The second kappa shape index (κ2) is 10.9. The molecule has 0 unspecified atom stereocenters. The Balaban J connectivity index is 1.78. The first-order valence-electron chi connectivity index (χ1n) is 11.0. The van der Waals surface area contributed by atoms with E-state index in [-0.39, 0.29) is 11.8 Å². The third kappa shape index (κ3) is 5.23. The quantitative estimate of drug-likeness (QED) is 0.418. The zero-order valence-corrected chi connectivity index (χ0v) is 18.8. The van der Waals surface area contributed by atoms with Crippen LogP contribution >= 0.6 is 11.6 Å². The molecular formula is C23H32ClN3O3. The van der Waals surface area contributed by atoms with E-state index < -0.39 is 0 Å². The van der Waals surface area contributed by atoms with Crippen molar-refractivity contribution in [3.05, 3.63) is 40.5 Å². The number of carbonyl (C=O) groups is 2. The molecule has 2 aliphatic heterocycles. The summed E-state index contributed by atoms with van der Waals surface area (Å²) < 4.78 is 5.60. The molecule has 164 valence electrons. The number of rotatable bonds is 10. The van der Waals surface area contributed by atoms with Crippen molar-refractivity contribution in [3.8, 4) is 0 Å². The smallest absolute Gasteiger partial charge is 0.277 e. The Kier molecular flexibility index (Phi) is 8.31. The van der Waals surface area contributed by atoms with Gasteiger partial charge in [0.2, 0.25) is 0 Å². The van der Waals surface area contributed by atoms with Crippen molar-refractivity contribution in [1.82, 2.24) is 14.7 Å². The van der Waals surface area contributed by atoms with Crippen molar-refractivity contribution < 1.29 is 14.3 Å². The van der Waals surface area contributed by atoms with Crippen LogP contribution in [0.2, 0.25) is 5.02 Å². The molecule has 3 rings (SSSR count). The first kappa shape index (κ1) is 22.8. The molecule has 2 heterocycles. The number of carbonyl (C=O) groups excluding carboxylic acids is 2. The highest BCUT2D eigenvalue weighted by Crippen LogP contribution is 2.32. The standard InChI is InChI=1S/C23H32ClN3O3/c1-3-5-16-30-17-6-11-27-22(28)20(18-7-9-19(24)10-8-18)21(23(27)29)26-14-12-25(4-2)13-15-26/h7-10H,3-6,11-17H2,1-2H3. The zero-order valence-electron chi connectivity index (χ0n) is 18.0. The predicted octanol–water partition coefficient (Wildman–Crippen LogP) is 3.26. The molecule has 0 saturated carbocycles. The van der Waals surface area contributed by atoms with Crippen LogP contribution in [-0.4, -0.2) is 79.0 Å². The van der Waals surface area contributed by atoms with Crippen molar-refractivity contribution in [3.63, 3.8) is 0 Å². The Morgan fingerprint density at radius 2 is 1.60 bits per heavy atom. The van der Waals surface area contributed by atoms with E-state index in [1.807, 2.05) is 12.1 Å². The van der Waals surface area contributed by atoms with E-state index >= 15 is 0 Å². The van der Waals surface area contributed by atoms with Crippen LogP contribution in [0.3, 0.4) is 0 Å². The molecule has 1 fully saturated rings. The topological polar surface area (TPSA) is 53.1 Å². The molecule has 1 aromatic rings. The number of piperazine rings is 1. The van der Waals surface area contributed by atoms with Crippen molar-refractivity contribution in [2.75, 3.05) is 52.5 Å². The monoisotopic (exact) mass is 433 g/mol. The molecule has 2 aliphatic rings. The van der Waals surface area contributed by atoms with Gasteiger partial charge in [0.15, 0.2) is 0 Å². The van der Waals surface area contributed by atoms with Gasteiger partial charge in [0.25, 0.3) is 11.8 Å². The first-order chi connectivity index (χ1) is 14.6. The Hall–Kier alpha value is -1.89. The Morgan fingerprint density at radius 3 is 2.23 bits per heavy atom. The molecule has 7 heteroatoms. The second-order valence-corrected chi connectivity index (χ2v) is 8.17. The molecular weight excluding hydrogens is 402 g/mol. The minimum absolute atomic E-state index is 0.191. The lowest BCUT2D eigenvalue weighted by atomic mass is 10.0. The van der Waals surface area contributed by atoms with E-state index in [0.29, 0.717) is 35.9 Å². The number of unbranched alkanes of at least 4 members (excludes halogenated alkanes) is 1. The average Bonchev–Trinajstić information content (AvgIpc) is 3.01. The van der Waals surface area contributed by atoms with Crippen LogP contribution in [0, 0.1) is 0 Å². The highest BCUT2D eigenvalue weighted by Gasteiger charge is 2.41. The zero-order chi connectivity index (χ0) is 21.5. The molecule has 0 radical (unpaired) electrons. The van der Waals surface area contributed by atoms with Crippen LogP contribution in [0.5, 0.6) is 0 Å². The summed E-state index contributed by atoms with van der Waals surface area (Å²) in [7, 11) is 0. The maximum Gasteiger partial charge on any atom is 0.277 e. The highest BCUT2D eigenvalue weighted by molar-refractivity contribution is 6.36. The maximum absolute atomic E-state index is 13.3. The summed E-state index contributed by atoms with van der Waals surface area (Å²) in [5, 5.41) is 0.607. The lowest BCUT2D eigenvalue weighted by Gasteiger charge is -2.36. The van der Waals surface area contributed by atoms with Crippen molar-refractivity contribution in [2.24, 2.45) is 0 Å². The van der Waals surface area contributed by atoms with Gasteiger partial charge in [-0.25, -0.2) is 0 Å². The molecule has 6 nitrogen and oxygen atoms in total. The van der Waals surface area contributed by atoms with Gasteiger partial charge in [0, 0.05) is 51.0 Å². The van der Waals surface area contributed by atoms with Crippen LogP contribution in [0.1, 0.15) is 38.7 Å². The normalized spacial score (nSPS) is 18.1.